The first-order valence-electron chi connectivity index (χ1n) is 3.93. The van der Waals surface area contributed by atoms with Gasteiger partial charge in [-0.25, -0.2) is 4.79 Å². The maximum atomic E-state index is 10.8. The fourth-order valence-electron chi connectivity index (χ4n) is 0.541. The topological polar surface area (TPSA) is 80.7 Å². The lowest BCUT2D eigenvalue weighted by Gasteiger charge is -2.08. The summed E-state index contributed by atoms with van der Waals surface area (Å²) < 4.78 is 4.61. The van der Waals surface area contributed by atoms with Gasteiger partial charge in [0.25, 0.3) is 5.78 Å². The van der Waals surface area contributed by atoms with Crippen LogP contribution in [0.3, 0.4) is 0 Å². The minimum absolute atomic E-state index is 0.356. The van der Waals surface area contributed by atoms with E-state index in [0.717, 1.165) is 0 Å². The molecule has 0 aliphatic carbocycles. The highest BCUT2D eigenvalue weighted by Gasteiger charge is 2.20. The van der Waals surface area contributed by atoms with E-state index in [1.165, 1.54) is 0 Å². The zero-order valence-corrected chi connectivity index (χ0v) is 7.57. The fourth-order valence-corrected chi connectivity index (χ4v) is 0.541. The van der Waals surface area contributed by atoms with Crippen LogP contribution >= 0.6 is 0 Å². The van der Waals surface area contributed by atoms with Crippen molar-refractivity contribution in [3.05, 3.63) is 0 Å². The molecule has 5 nitrogen and oxygen atoms in total. The zero-order valence-electron chi connectivity index (χ0n) is 7.57. The second kappa shape index (κ2) is 5.29. The van der Waals surface area contributed by atoms with Gasteiger partial charge in [-0.2, -0.15) is 0 Å². The fraction of sp³-hybridized carbons (Fsp3) is 0.625. The maximum absolute atomic E-state index is 10.8. The Morgan fingerprint density at radius 3 is 2.31 bits per heavy atom. The third-order valence-corrected chi connectivity index (χ3v) is 1.42. The highest BCUT2D eigenvalue weighted by molar-refractivity contribution is 6.36. The second-order valence-electron chi connectivity index (χ2n) is 2.62. The molecule has 13 heavy (non-hydrogen) atoms. The standard InChI is InChI=1S/C8H12O5/c1-3-5(2)13-8(12)6(9)4-7(10)11/h5H,3-4H2,1-2H3,(H,10,11). The van der Waals surface area contributed by atoms with Gasteiger partial charge in [-0.1, -0.05) is 6.92 Å². The molecule has 74 valence electrons. The summed E-state index contributed by atoms with van der Waals surface area (Å²) >= 11 is 0. The van der Waals surface area contributed by atoms with Crippen molar-refractivity contribution >= 4 is 17.7 Å². The van der Waals surface area contributed by atoms with Crippen LogP contribution in [0.4, 0.5) is 0 Å². The molecular formula is C8H12O5. The van der Waals surface area contributed by atoms with Gasteiger partial charge in [-0.15, -0.1) is 0 Å². The van der Waals surface area contributed by atoms with Gasteiger partial charge >= 0.3 is 11.9 Å². The SMILES string of the molecule is CCC(C)OC(=O)C(=O)CC(=O)O. The van der Waals surface area contributed by atoms with Gasteiger partial charge in [0.1, 0.15) is 6.42 Å². The predicted molar refractivity (Wildman–Crippen MR) is 43.1 cm³/mol. The van der Waals surface area contributed by atoms with E-state index < -0.39 is 24.1 Å². The molecule has 0 rings (SSSR count). The lowest BCUT2D eigenvalue weighted by atomic mass is 10.3. The number of ether oxygens (including phenoxy) is 1. The van der Waals surface area contributed by atoms with Crippen LogP contribution < -0.4 is 0 Å². The average molecular weight is 188 g/mol. The summed E-state index contributed by atoms with van der Waals surface area (Å²) in [6, 6.07) is 0. The van der Waals surface area contributed by atoms with Crippen LogP contribution in [0.5, 0.6) is 0 Å². The number of aliphatic carboxylic acids is 1. The molecule has 0 saturated heterocycles. The molecule has 0 saturated carbocycles. The van der Waals surface area contributed by atoms with Crippen LogP contribution in [-0.2, 0) is 19.1 Å². The summed E-state index contributed by atoms with van der Waals surface area (Å²) in [5, 5.41) is 8.20. The van der Waals surface area contributed by atoms with Gasteiger partial charge in [0.2, 0.25) is 0 Å². The number of hydrogen-bond acceptors (Lipinski definition) is 4. The van der Waals surface area contributed by atoms with E-state index >= 15 is 0 Å². The van der Waals surface area contributed by atoms with E-state index in [-0.39, 0.29) is 6.10 Å². The zero-order chi connectivity index (χ0) is 10.4. The molecule has 0 aliphatic heterocycles. The van der Waals surface area contributed by atoms with Gasteiger partial charge in [0, 0.05) is 0 Å². The Labute approximate surface area is 75.7 Å². The van der Waals surface area contributed by atoms with Gasteiger partial charge in [0.15, 0.2) is 0 Å². The van der Waals surface area contributed by atoms with Gasteiger partial charge in [0.05, 0.1) is 6.10 Å². The number of carbonyl (C=O) groups excluding carboxylic acids is 2. The first-order chi connectivity index (χ1) is 5.97. The molecule has 1 unspecified atom stereocenters. The molecule has 0 aromatic carbocycles. The van der Waals surface area contributed by atoms with Crippen molar-refractivity contribution in [2.24, 2.45) is 0 Å². The van der Waals surface area contributed by atoms with Crippen LogP contribution in [0.1, 0.15) is 26.7 Å². The highest BCUT2D eigenvalue weighted by Crippen LogP contribution is 1.98. The number of hydrogen-bond donors (Lipinski definition) is 1. The highest BCUT2D eigenvalue weighted by atomic mass is 16.5. The van der Waals surface area contributed by atoms with Crippen molar-refractivity contribution in [1.29, 1.82) is 0 Å². The first-order valence-corrected chi connectivity index (χ1v) is 3.93. The van der Waals surface area contributed by atoms with Crippen LogP contribution in [0.2, 0.25) is 0 Å². The smallest absolute Gasteiger partial charge is 0.375 e. The lowest BCUT2D eigenvalue weighted by molar-refractivity contribution is -0.159. The molecule has 5 heteroatoms. The van der Waals surface area contributed by atoms with Crippen molar-refractivity contribution in [3.63, 3.8) is 0 Å². The van der Waals surface area contributed by atoms with E-state index in [0.29, 0.717) is 6.42 Å². The van der Waals surface area contributed by atoms with Gasteiger partial charge < -0.3 is 9.84 Å². The summed E-state index contributed by atoms with van der Waals surface area (Å²) in [4.78, 5) is 31.6. The number of carboxylic acids is 1. The van der Waals surface area contributed by atoms with E-state index in [4.69, 9.17) is 5.11 Å². The third kappa shape index (κ3) is 4.95. The monoisotopic (exact) mass is 188 g/mol. The van der Waals surface area contributed by atoms with E-state index in [9.17, 15) is 14.4 Å². The van der Waals surface area contributed by atoms with Gasteiger partial charge in [-0.3, -0.25) is 9.59 Å². The molecule has 0 aromatic heterocycles. The molecule has 0 bridgehead atoms. The van der Waals surface area contributed by atoms with E-state index in [1.807, 2.05) is 0 Å². The largest absolute Gasteiger partial charge is 0.481 e. The number of rotatable bonds is 5. The Hall–Kier alpha value is -1.39. The maximum Gasteiger partial charge on any atom is 0.375 e. The minimum atomic E-state index is -1.33. The average Bonchev–Trinajstić information content (AvgIpc) is 2.02. The van der Waals surface area contributed by atoms with Crippen LogP contribution in [0.25, 0.3) is 0 Å². The van der Waals surface area contributed by atoms with Crippen molar-refractivity contribution in [3.8, 4) is 0 Å². The van der Waals surface area contributed by atoms with Crippen LogP contribution in [0, 0.1) is 0 Å². The lowest BCUT2D eigenvalue weighted by Crippen LogP contribution is -2.24. The van der Waals surface area contributed by atoms with Crippen molar-refractivity contribution in [2.75, 3.05) is 0 Å². The summed E-state index contributed by atoms with van der Waals surface area (Å²) in [5.74, 6) is -3.42. The Bertz CT molecular complexity index is 221. The molecule has 0 heterocycles. The van der Waals surface area contributed by atoms with Crippen LogP contribution in [0.15, 0.2) is 0 Å². The van der Waals surface area contributed by atoms with Crippen molar-refractivity contribution in [2.45, 2.75) is 32.8 Å². The Kier molecular flexibility index (Phi) is 4.72. The number of carboxylic acid groups (broad SMARTS) is 1. The van der Waals surface area contributed by atoms with Crippen molar-refractivity contribution < 1.29 is 24.2 Å². The van der Waals surface area contributed by atoms with E-state index in [2.05, 4.69) is 4.74 Å². The molecule has 0 fully saturated rings. The molecule has 0 aromatic rings. The Morgan fingerprint density at radius 1 is 1.38 bits per heavy atom. The molecule has 1 atom stereocenters. The minimum Gasteiger partial charge on any atom is -0.481 e. The second-order valence-corrected chi connectivity index (χ2v) is 2.62. The molecule has 0 radical (unpaired) electrons. The summed E-state index contributed by atoms with van der Waals surface area (Å²) in [5.41, 5.74) is 0. The summed E-state index contributed by atoms with van der Waals surface area (Å²) in [6.07, 6.45) is -0.577. The number of ketones is 1. The molecule has 0 spiro atoms. The summed E-state index contributed by atoms with van der Waals surface area (Å²) in [7, 11) is 0. The summed E-state index contributed by atoms with van der Waals surface area (Å²) in [6.45, 7) is 3.42. The first kappa shape index (κ1) is 11.6. The third-order valence-electron chi connectivity index (χ3n) is 1.42. The quantitative estimate of drug-likeness (QED) is 0.383. The van der Waals surface area contributed by atoms with Crippen LogP contribution in [-0.4, -0.2) is 28.9 Å². The molecular weight excluding hydrogens is 176 g/mol. The van der Waals surface area contributed by atoms with E-state index in [1.54, 1.807) is 13.8 Å². The normalized spacial score (nSPS) is 11.8. The predicted octanol–water partition coefficient (Wildman–Crippen LogP) is 0.372. The molecule has 0 aliphatic rings. The van der Waals surface area contributed by atoms with Gasteiger partial charge in [-0.05, 0) is 13.3 Å². The number of carbonyl (C=O) groups is 3. The molecule has 1 N–H and O–H groups in total. The Morgan fingerprint density at radius 2 is 1.92 bits per heavy atom. The number of esters is 1. The number of Topliss-reactive ketones (excluding diaryl/α,β-unsaturated/α-hetero) is 1. The van der Waals surface area contributed by atoms with Crippen molar-refractivity contribution in [1.82, 2.24) is 0 Å². The Balaban J connectivity index is 3.97. The molecule has 0 amide bonds.